The minimum atomic E-state index is -4.63. The van der Waals surface area contributed by atoms with E-state index in [0.29, 0.717) is 23.9 Å². The molecule has 9 nitrogen and oxygen atoms in total. The number of allylic oxidation sites excluding steroid dienone is 6. The summed E-state index contributed by atoms with van der Waals surface area (Å²) in [5.74, 6) is -0.852. The summed E-state index contributed by atoms with van der Waals surface area (Å²) in [6, 6.07) is 0. The lowest BCUT2D eigenvalue weighted by Gasteiger charge is -2.28. The first kappa shape index (κ1) is 57.2. The number of carbonyl (C=O) groups excluding carboxylic acids is 2. The lowest BCUT2D eigenvalue weighted by atomic mass is 10.0. The standard InChI is InChI=1S/C49H92NO8P/c1-6-8-10-12-14-16-18-20-22-24-26-28-30-32-34-36-38-40-42-49(52)58-47(46-57-59(53,54)56-44-43-50(3,4)5)45-55-48(51)41-39-37-35-33-31-29-27-25-23-21-19-17-15-13-11-9-7-2/h15,17,21,23,27,29,47H,6-14,16,18-20,22,24-26,28,30-46H2,1-5H3/b17-15+,23-21+,29-27+/t47-/m1/s1. The Labute approximate surface area is 363 Å². The molecule has 0 aromatic rings. The number of hydrogen-bond acceptors (Lipinski definition) is 8. The molecule has 0 saturated heterocycles. The van der Waals surface area contributed by atoms with E-state index in [0.717, 1.165) is 51.4 Å². The maximum absolute atomic E-state index is 12.7. The van der Waals surface area contributed by atoms with Crippen molar-refractivity contribution in [1.82, 2.24) is 0 Å². The number of unbranched alkanes of at least 4 members (excludes halogenated alkanes) is 24. The fourth-order valence-corrected chi connectivity index (χ4v) is 7.33. The molecule has 0 heterocycles. The van der Waals surface area contributed by atoms with Crippen LogP contribution in [0.5, 0.6) is 0 Å². The van der Waals surface area contributed by atoms with Crippen LogP contribution in [0.3, 0.4) is 0 Å². The van der Waals surface area contributed by atoms with Crippen LogP contribution >= 0.6 is 7.82 Å². The Morgan fingerprint density at radius 1 is 0.525 bits per heavy atom. The summed E-state index contributed by atoms with van der Waals surface area (Å²) in [6.07, 6.45) is 47.4. The SMILES string of the molecule is CCCCC/C=C/C/C=C/C/C=C/CCCCCCC(=O)OC[C@H](COP(=O)([O-])OCC[N+](C)(C)C)OC(=O)CCCCCCCCCCCCCCCCCCCC. The lowest BCUT2D eigenvalue weighted by Crippen LogP contribution is -2.37. The molecule has 0 amide bonds. The smallest absolute Gasteiger partial charge is 0.306 e. The van der Waals surface area contributed by atoms with Crippen molar-refractivity contribution in [2.24, 2.45) is 0 Å². The predicted molar refractivity (Wildman–Crippen MR) is 245 cm³/mol. The highest BCUT2D eigenvalue weighted by atomic mass is 31.2. The molecule has 0 saturated carbocycles. The Balaban J connectivity index is 4.32. The van der Waals surface area contributed by atoms with Crippen LogP contribution in [0, 0.1) is 0 Å². The molecule has 0 bridgehead atoms. The highest BCUT2D eigenvalue weighted by Gasteiger charge is 2.21. The Morgan fingerprint density at radius 2 is 0.915 bits per heavy atom. The Kier molecular flexibility index (Phi) is 40.3. The average Bonchev–Trinajstić information content (AvgIpc) is 3.19. The van der Waals surface area contributed by atoms with Gasteiger partial charge in [-0.15, -0.1) is 0 Å². The molecule has 0 aliphatic rings. The van der Waals surface area contributed by atoms with Gasteiger partial charge in [-0.3, -0.25) is 14.2 Å². The quantitative estimate of drug-likeness (QED) is 0.0196. The molecule has 10 heteroatoms. The zero-order chi connectivity index (χ0) is 43.6. The van der Waals surface area contributed by atoms with E-state index in [4.69, 9.17) is 18.5 Å². The Morgan fingerprint density at radius 3 is 1.39 bits per heavy atom. The number of esters is 2. The van der Waals surface area contributed by atoms with Crippen LogP contribution in [0.25, 0.3) is 0 Å². The van der Waals surface area contributed by atoms with E-state index >= 15 is 0 Å². The summed E-state index contributed by atoms with van der Waals surface area (Å²) in [6.45, 7) is 4.20. The van der Waals surface area contributed by atoms with Crippen LogP contribution in [0.15, 0.2) is 36.5 Å². The number of quaternary nitrogens is 1. The van der Waals surface area contributed by atoms with Crippen molar-refractivity contribution in [2.75, 3.05) is 47.5 Å². The zero-order valence-electron chi connectivity index (χ0n) is 39.0. The van der Waals surface area contributed by atoms with E-state index < -0.39 is 32.5 Å². The van der Waals surface area contributed by atoms with E-state index in [2.05, 4.69) is 50.3 Å². The first-order valence-electron chi connectivity index (χ1n) is 24.2. The van der Waals surface area contributed by atoms with Gasteiger partial charge in [0.15, 0.2) is 6.10 Å². The second-order valence-corrected chi connectivity index (χ2v) is 18.9. The highest BCUT2D eigenvalue weighted by Crippen LogP contribution is 2.38. The van der Waals surface area contributed by atoms with Crippen LogP contribution in [0.1, 0.15) is 213 Å². The van der Waals surface area contributed by atoms with Gasteiger partial charge in [0.2, 0.25) is 0 Å². The largest absolute Gasteiger partial charge is 0.756 e. The molecule has 2 atom stereocenters. The molecule has 0 radical (unpaired) electrons. The maximum atomic E-state index is 12.7. The second kappa shape index (κ2) is 41.6. The number of phosphoric ester groups is 1. The zero-order valence-corrected chi connectivity index (χ0v) is 39.8. The molecule has 59 heavy (non-hydrogen) atoms. The van der Waals surface area contributed by atoms with Gasteiger partial charge in [-0.25, -0.2) is 0 Å². The number of hydrogen-bond donors (Lipinski definition) is 0. The molecular weight excluding hydrogens is 762 g/mol. The molecule has 0 spiro atoms. The van der Waals surface area contributed by atoms with Gasteiger partial charge in [0.05, 0.1) is 27.7 Å². The predicted octanol–water partition coefficient (Wildman–Crippen LogP) is 13.5. The fourth-order valence-electron chi connectivity index (χ4n) is 6.60. The van der Waals surface area contributed by atoms with Crippen LogP contribution in [0.4, 0.5) is 0 Å². The summed E-state index contributed by atoms with van der Waals surface area (Å²) in [5.41, 5.74) is 0. The third-order valence-electron chi connectivity index (χ3n) is 10.4. The van der Waals surface area contributed by atoms with E-state index in [1.54, 1.807) is 0 Å². The van der Waals surface area contributed by atoms with Crippen LogP contribution < -0.4 is 4.89 Å². The van der Waals surface area contributed by atoms with Crippen LogP contribution in [-0.4, -0.2) is 70.0 Å². The summed E-state index contributed by atoms with van der Waals surface area (Å²) in [5, 5.41) is 0. The monoisotopic (exact) mass is 854 g/mol. The highest BCUT2D eigenvalue weighted by molar-refractivity contribution is 7.45. The van der Waals surface area contributed by atoms with E-state index in [1.807, 2.05) is 21.1 Å². The number of likely N-dealkylation sites (N-methyl/N-ethyl adjacent to an activating group) is 1. The molecule has 0 aromatic carbocycles. The number of ether oxygens (including phenoxy) is 2. The van der Waals surface area contributed by atoms with Gasteiger partial charge in [0.1, 0.15) is 19.8 Å². The Hall–Kier alpha value is -1.77. The number of carbonyl (C=O) groups is 2. The van der Waals surface area contributed by atoms with Crippen molar-refractivity contribution in [1.29, 1.82) is 0 Å². The van der Waals surface area contributed by atoms with Crippen LogP contribution in [0.2, 0.25) is 0 Å². The first-order valence-corrected chi connectivity index (χ1v) is 25.7. The van der Waals surface area contributed by atoms with Gasteiger partial charge >= 0.3 is 11.9 Å². The van der Waals surface area contributed by atoms with Gasteiger partial charge in [0.25, 0.3) is 7.82 Å². The normalized spacial score (nSPS) is 13.8. The summed E-state index contributed by atoms with van der Waals surface area (Å²) >= 11 is 0. The minimum absolute atomic E-state index is 0.0337. The van der Waals surface area contributed by atoms with Crippen molar-refractivity contribution in [3.8, 4) is 0 Å². The average molecular weight is 854 g/mol. The van der Waals surface area contributed by atoms with Gasteiger partial charge in [0, 0.05) is 12.8 Å². The van der Waals surface area contributed by atoms with Crippen molar-refractivity contribution >= 4 is 19.8 Å². The molecule has 0 fully saturated rings. The topological polar surface area (TPSA) is 111 Å². The third kappa shape index (κ3) is 45.6. The molecule has 1 unspecified atom stereocenters. The molecule has 0 aliphatic heterocycles. The molecule has 0 aliphatic carbocycles. The second-order valence-electron chi connectivity index (χ2n) is 17.5. The molecule has 0 rings (SSSR count). The van der Waals surface area contributed by atoms with Crippen molar-refractivity contribution in [3.63, 3.8) is 0 Å². The van der Waals surface area contributed by atoms with Crippen LogP contribution in [-0.2, 0) is 32.7 Å². The Bertz CT molecular complexity index is 1100. The molecule has 0 N–H and O–H groups in total. The van der Waals surface area contributed by atoms with E-state index in [1.165, 1.54) is 122 Å². The van der Waals surface area contributed by atoms with Gasteiger partial charge in [-0.05, 0) is 51.4 Å². The van der Waals surface area contributed by atoms with E-state index in [-0.39, 0.29) is 26.1 Å². The van der Waals surface area contributed by atoms with E-state index in [9.17, 15) is 19.0 Å². The number of phosphoric acid groups is 1. The summed E-state index contributed by atoms with van der Waals surface area (Å²) < 4.78 is 34.0. The third-order valence-corrected chi connectivity index (χ3v) is 11.4. The number of rotatable bonds is 44. The summed E-state index contributed by atoms with van der Waals surface area (Å²) in [7, 11) is 1.16. The molecule has 346 valence electrons. The first-order chi connectivity index (χ1) is 28.5. The lowest BCUT2D eigenvalue weighted by molar-refractivity contribution is -0.870. The molecule has 0 aromatic heterocycles. The maximum Gasteiger partial charge on any atom is 0.306 e. The minimum Gasteiger partial charge on any atom is -0.756 e. The van der Waals surface area contributed by atoms with Crippen molar-refractivity contribution < 1.29 is 42.1 Å². The van der Waals surface area contributed by atoms with Crippen molar-refractivity contribution in [2.45, 2.75) is 219 Å². The summed E-state index contributed by atoms with van der Waals surface area (Å²) in [4.78, 5) is 37.6. The number of nitrogens with zero attached hydrogens (tertiary/aromatic N) is 1. The van der Waals surface area contributed by atoms with Gasteiger partial charge < -0.3 is 27.9 Å². The van der Waals surface area contributed by atoms with Crippen molar-refractivity contribution in [3.05, 3.63) is 36.5 Å². The molecular formula is C49H92NO8P. The van der Waals surface area contributed by atoms with Gasteiger partial charge in [-0.1, -0.05) is 185 Å². The fraction of sp³-hybridized carbons (Fsp3) is 0.837. The van der Waals surface area contributed by atoms with Gasteiger partial charge in [-0.2, -0.15) is 0 Å².